The summed E-state index contributed by atoms with van der Waals surface area (Å²) in [5.74, 6) is -0.424. The van der Waals surface area contributed by atoms with Crippen molar-refractivity contribution in [3.8, 4) is 0 Å². The molecule has 0 amide bonds. The second kappa shape index (κ2) is 9.53. The first kappa shape index (κ1) is 19.5. The summed E-state index contributed by atoms with van der Waals surface area (Å²) in [6, 6.07) is 10.4. The van der Waals surface area contributed by atoms with Crippen LogP contribution in [0.5, 0.6) is 0 Å². The number of halogens is 4. The van der Waals surface area contributed by atoms with Gasteiger partial charge >= 0.3 is 5.97 Å². The smallest absolute Gasteiger partial charge is 0.339 e. The van der Waals surface area contributed by atoms with Crippen molar-refractivity contribution >= 4 is 61.0 Å². The predicted octanol–water partition coefficient (Wildman–Crippen LogP) is 5.48. The summed E-state index contributed by atoms with van der Waals surface area (Å²) >= 11 is 18.0. The van der Waals surface area contributed by atoms with Gasteiger partial charge in [0.25, 0.3) is 0 Å². The van der Waals surface area contributed by atoms with Crippen molar-refractivity contribution in [2.24, 2.45) is 0 Å². The van der Waals surface area contributed by atoms with Gasteiger partial charge in [0.2, 0.25) is 0 Å². The van der Waals surface area contributed by atoms with Gasteiger partial charge in [-0.25, -0.2) is 4.79 Å². The first-order valence-electron chi connectivity index (χ1n) is 5.97. The summed E-state index contributed by atoms with van der Waals surface area (Å²) < 4.78 is 6.28. The monoisotopic (exact) mass is 468 g/mol. The van der Waals surface area contributed by atoms with Gasteiger partial charge in [-0.05, 0) is 35.9 Å². The van der Waals surface area contributed by atoms with Crippen molar-refractivity contribution in [1.29, 1.82) is 0 Å². The lowest BCUT2D eigenvalue weighted by Gasteiger charge is -2.01. The zero-order valence-electron chi connectivity index (χ0n) is 11.4. The van der Waals surface area contributed by atoms with Crippen LogP contribution in [0.2, 0.25) is 10.0 Å². The molecule has 0 saturated carbocycles. The van der Waals surface area contributed by atoms with Crippen molar-refractivity contribution < 1.29 is 14.6 Å². The summed E-state index contributed by atoms with van der Waals surface area (Å²) in [5, 5.41) is 9.69. The van der Waals surface area contributed by atoms with Crippen molar-refractivity contribution in [3.05, 3.63) is 66.5 Å². The van der Waals surface area contributed by atoms with Gasteiger partial charge in [-0.2, -0.15) is 0 Å². The van der Waals surface area contributed by atoms with Crippen molar-refractivity contribution in [1.82, 2.24) is 0 Å². The summed E-state index contributed by atoms with van der Waals surface area (Å²) in [7, 11) is 1.32. The Balaban J connectivity index is 0.000000224. The summed E-state index contributed by atoms with van der Waals surface area (Å²) in [6.07, 6.45) is 0. The van der Waals surface area contributed by atoms with E-state index in [0.29, 0.717) is 15.6 Å². The third kappa shape index (κ3) is 5.89. The van der Waals surface area contributed by atoms with Crippen LogP contribution in [0.4, 0.5) is 0 Å². The zero-order chi connectivity index (χ0) is 16.7. The second-order valence-electron chi connectivity index (χ2n) is 4.01. The van der Waals surface area contributed by atoms with Gasteiger partial charge in [0, 0.05) is 14.0 Å². The fourth-order valence-corrected chi connectivity index (χ4v) is 2.90. The highest BCUT2D eigenvalue weighted by Gasteiger charge is 2.09. The molecular formula is C15H12Br2Cl2O3. The molecule has 0 aliphatic carbocycles. The number of methoxy groups -OCH3 is 1. The lowest BCUT2D eigenvalue weighted by atomic mass is 10.2. The molecule has 2 rings (SSSR count). The Kier molecular flexibility index (Phi) is 8.43. The molecule has 22 heavy (non-hydrogen) atoms. The molecule has 0 spiro atoms. The van der Waals surface area contributed by atoms with Gasteiger partial charge in [0.1, 0.15) is 0 Å². The van der Waals surface area contributed by atoms with Gasteiger partial charge in [-0.1, -0.05) is 61.1 Å². The topological polar surface area (TPSA) is 46.5 Å². The second-order valence-corrected chi connectivity index (χ2v) is 6.66. The SMILES string of the molecule is COC(=O)c1ccc(Br)cc1Cl.OCc1ccc(Br)cc1Cl. The molecule has 0 bridgehead atoms. The minimum absolute atomic E-state index is 0.00782. The number of aliphatic hydroxyl groups excluding tert-OH is 1. The Labute approximate surface area is 155 Å². The molecule has 0 unspecified atom stereocenters. The molecule has 1 N–H and O–H groups in total. The van der Waals surface area contributed by atoms with E-state index in [9.17, 15) is 4.79 Å². The van der Waals surface area contributed by atoms with Crippen molar-refractivity contribution in [3.63, 3.8) is 0 Å². The number of benzene rings is 2. The molecule has 2 aromatic carbocycles. The van der Waals surface area contributed by atoms with Gasteiger partial charge < -0.3 is 9.84 Å². The largest absolute Gasteiger partial charge is 0.465 e. The standard InChI is InChI=1S/C8H6BrClO2.C7H6BrClO/c1-12-8(11)6-3-2-5(9)4-7(6)10;8-6-2-1-5(4-10)7(9)3-6/h2-4H,1H3;1-3,10H,4H2. The highest BCUT2D eigenvalue weighted by molar-refractivity contribution is 9.10. The maximum Gasteiger partial charge on any atom is 0.339 e. The minimum atomic E-state index is -0.424. The molecule has 7 heteroatoms. The van der Waals surface area contributed by atoms with Crippen LogP contribution in [0.25, 0.3) is 0 Å². The van der Waals surface area contributed by atoms with Crippen LogP contribution in [-0.2, 0) is 11.3 Å². The van der Waals surface area contributed by atoms with E-state index in [0.717, 1.165) is 14.5 Å². The number of hydrogen-bond donors (Lipinski definition) is 1. The van der Waals surface area contributed by atoms with Crippen LogP contribution in [-0.4, -0.2) is 18.2 Å². The lowest BCUT2D eigenvalue weighted by Crippen LogP contribution is -2.01. The Morgan fingerprint density at radius 2 is 1.64 bits per heavy atom. The zero-order valence-corrected chi connectivity index (χ0v) is 16.1. The van der Waals surface area contributed by atoms with E-state index in [1.54, 1.807) is 30.3 Å². The quantitative estimate of drug-likeness (QED) is 0.591. The van der Waals surface area contributed by atoms with Gasteiger partial charge in [0.05, 0.1) is 24.3 Å². The van der Waals surface area contributed by atoms with E-state index in [4.69, 9.17) is 28.3 Å². The van der Waals surface area contributed by atoms with Crippen molar-refractivity contribution in [2.45, 2.75) is 6.61 Å². The number of esters is 1. The van der Waals surface area contributed by atoms with E-state index in [2.05, 4.69) is 36.6 Å². The number of aliphatic hydroxyl groups is 1. The molecule has 0 aliphatic rings. The Morgan fingerprint density at radius 3 is 2.09 bits per heavy atom. The Morgan fingerprint density at radius 1 is 1.09 bits per heavy atom. The van der Waals surface area contributed by atoms with Crippen LogP contribution in [0, 0.1) is 0 Å². The third-order valence-corrected chi connectivity index (χ3v) is 4.17. The fraction of sp³-hybridized carbons (Fsp3) is 0.133. The summed E-state index contributed by atoms with van der Waals surface area (Å²) in [6.45, 7) is -0.00782. The van der Waals surface area contributed by atoms with E-state index in [-0.39, 0.29) is 6.61 Å². The van der Waals surface area contributed by atoms with Crippen LogP contribution in [0.3, 0.4) is 0 Å². The Hall–Kier alpha value is -0.590. The number of carbonyl (C=O) groups excluding carboxylic acids is 1. The minimum Gasteiger partial charge on any atom is -0.465 e. The first-order valence-corrected chi connectivity index (χ1v) is 8.31. The number of hydrogen-bond acceptors (Lipinski definition) is 3. The molecule has 118 valence electrons. The molecule has 0 atom stereocenters. The van der Waals surface area contributed by atoms with Crippen LogP contribution in [0.15, 0.2) is 45.3 Å². The maximum absolute atomic E-state index is 11.0. The first-order chi connectivity index (χ1) is 10.4. The van der Waals surface area contributed by atoms with Crippen LogP contribution in [0.1, 0.15) is 15.9 Å². The van der Waals surface area contributed by atoms with E-state index < -0.39 is 5.97 Å². The Bertz CT molecular complexity index is 663. The summed E-state index contributed by atoms with van der Waals surface area (Å²) in [5.41, 5.74) is 1.13. The van der Waals surface area contributed by atoms with Crippen molar-refractivity contribution in [2.75, 3.05) is 7.11 Å². The van der Waals surface area contributed by atoms with Gasteiger partial charge in [-0.3, -0.25) is 0 Å². The average molecular weight is 471 g/mol. The molecule has 0 radical (unpaired) electrons. The van der Waals surface area contributed by atoms with Crippen LogP contribution >= 0.6 is 55.1 Å². The molecular weight excluding hydrogens is 459 g/mol. The number of rotatable bonds is 2. The molecule has 0 saturated heterocycles. The van der Waals surface area contributed by atoms with E-state index in [1.165, 1.54) is 7.11 Å². The van der Waals surface area contributed by atoms with Crippen LogP contribution < -0.4 is 0 Å². The molecule has 0 aliphatic heterocycles. The third-order valence-electron chi connectivity index (χ3n) is 2.52. The lowest BCUT2D eigenvalue weighted by molar-refractivity contribution is 0.0601. The molecule has 2 aromatic rings. The maximum atomic E-state index is 11.0. The fourth-order valence-electron chi connectivity index (χ4n) is 1.41. The highest BCUT2D eigenvalue weighted by Crippen LogP contribution is 2.22. The van der Waals surface area contributed by atoms with E-state index >= 15 is 0 Å². The molecule has 0 heterocycles. The molecule has 3 nitrogen and oxygen atoms in total. The van der Waals surface area contributed by atoms with Gasteiger partial charge in [-0.15, -0.1) is 0 Å². The number of carbonyl (C=O) groups is 1. The predicted molar refractivity (Wildman–Crippen MR) is 95.6 cm³/mol. The highest BCUT2D eigenvalue weighted by atomic mass is 79.9. The number of ether oxygens (including phenoxy) is 1. The average Bonchev–Trinajstić information content (AvgIpc) is 2.47. The van der Waals surface area contributed by atoms with Gasteiger partial charge in [0.15, 0.2) is 0 Å². The normalized spacial score (nSPS) is 9.73. The van der Waals surface area contributed by atoms with E-state index in [1.807, 2.05) is 6.07 Å². The molecule has 0 aromatic heterocycles. The molecule has 0 fully saturated rings. The summed E-state index contributed by atoms with van der Waals surface area (Å²) in [4.78, 5) is 11.0.